The fourth-order valence-electron chi connectivity index (χ4n) is 2.61. The highest BCUT2D eigenvalue weighted by atomic mass is 16.5. The number of morpholine rings is 1. The number of aromatic nitrogens is 2. The maximum atomic E-state index is 12.3. The van der Waals surface area contributed by atoms with Crippen LogP contribution < -0.4 is 20.3 Å². The molecule has 3 heterocycles. The molecule has 1 aliphatic rings. The van der Waals surface area contributed by atoms with E-state index in [2.05, 4.69) is 25.5 Å². The second-order valence-corrected chi connectivity index (χ2v) is 5.45. The minimum absolute atomic E-state index is 0.312. The van der Waals surface area contributed by atoms with Crippen LogP contribution >= 0.6 is 0 Å². The number of nitrogens with one attached hydrogen (secondary N) is 2. The highest BCUT2D eigenvalue weighted by Crippen LogP contribution is 2.23. The van der Waals surface area contributed by atoms with Gasteiger partial charge in [-0.05, 0) is 18.2 Å². The third kappa shape index (κ3) is 4.36. The number of anilines is 2. The summed E-state index contributed by atoms with van der Waals surface area (Å²) in [7, 11) is 1.55. The Labute approximate surface area is 146 Å². The number of amides is 2. The third-order valence-corrected chi connectivity index (χ3v) is 3.83. The Bertz CT molecular complexity index is 719. The van der Waals surface area contributed by atoms with Gasteiger partial charge in [-0.3, -0.25) is 0 Å². The number of pyridine rings is 2. The number of methoxy groups -OCH3 is 1. The van der Waals surface area contributed by atoms with Crippen molar-refractivity contribution in [2.24, 2.45) is 0 Å². The number of hydrogen-bond donors (Lipinski definition) is 2. The molecule has 0 radical (unpaired) electrons. The summed E-state index contributed by atoms with van der Waals surface area (Å²) in [6, 6.07) is 6.98. The lowest BCUT2D eigenvalue weighted by Gasteiger charge is -2.29. The molecule has 1 fully saturated rings. The van der Waals surface area contributed by atoms with E-state index in [1.807, 2.05) is 12.1 Å². The van der Waals surface area contributed by atoms with Gasteiger partial charge in [0.15, 0.2) is 5.82 Å². The largest absolute Gasteiger partial charge is 0.481 e. The molecule has 25 heavy (non-hydrogen) atoms. The molecule has 2 aromatic rings. The minimum Gasteiger partial charge on any atom is -0.481 e. The molecule has 132 valence electrons. The van der Waals surface area contributed by atoms with Crippen LogP contribution in [0.5, 0.6) is 5.88 Å². The maximum absolute atomic E-state index is 12.3. The number of carbonyl (C=O) groups is 1. The first-order valence-corrected chi connectivity index (χ1v) is 8.08. The predicted octanol–water partition coefficient (Wildman–Crippen LogP) is 1.64. The number of nitrogens with zero attached hydrogens (tertiary/aromatic N) is 3. The lowest BCUT2D eigenvalue weighted by atomic mass is 10.2. The maximum Gasteiger partial charge on any atom is 0.319 e. The summed E-state index contributed by atoms with van der Waals surface area (Å²) >= 11 is 0. The average molecular weight is 343 g/mol. The zero-order chi connectivity index (χ0) is 17.5. The Morgan fingerprint density at radius 3 is 2.80 bits per heavy atom. The molecule has 0 unspecified atom stereocenters. The summed E-state index contributed by atoms with van der Waals surface area (Å²) in [6.45, 7) is 3.13. The Hall–Kier alpha value is -2.87. The van der Waals surface area contributed by atoms with E-state index in [-0.39, 0.29) is 6.03 Å². The normalized spacial score (nSPS) is 14.0. The van der Waals surface area contributed by atoms with Gasteiger partial charge in [-0.2, -0.15) is 0 Å². The van der Waals surface area contributed by atoms with E-state index in [9.17, 15) is 4.79 Å². The molecular weight excluding hydrogens is 322 g/mol. The first-order chi connectivity index (χ1) is 12.3. The number of ether oxygens (including phenoxy) is 2. The Morgan fingerprint density at radius 2 is 2.00 bits per heavy atom. The van der Waals surface area contributed by atoms with Crippen LogP contribution in [0.3, 0.4) is 0 Å². The monoisotopic (exact) mass is 343 g/mol. The predicted molar refractivity (Wildman–Crippen MR) is 93.9 cm³/mol. The van der Waals surface area contributed by atoms with Gasteiger partial charge >= 0.3 is 6.03 Å². The molecule has 1 saturated heterocycles. The zero-order valence-electron chi connectivity index (χ0n) is 14.1. The molecule has 0 aromatic carbocycles. The topological polar surface area (TPSA) is 88.6 Å². The van der Waals surface area contributed by atoms with Gasteiger partial charge in [0.2, 0.25) is 5.88 Å². The molecule has 0 spiro atoms. The number of hydrogen-bond acceptors (Lipinski definition) is 6. The number of carbonyl (C=O) groups excluding carboxylic acids is 1. The van der Waals surface area contributed by atoms with E-state index in [4.69, 9.17) is 9.47 Å². The average Bonchev–Trinajstić information content (AvgIpc) is 2.67. The van der Waals surface area contributed by atoms with Crippen molar-refractivity contribution >= 4 is 17.5 Å². The second-order valence-electron chi connectivity index (χ2n) is 5.45. The molecule has 3 rings (SSSR count). The van der Waals surface area contributed by atoms with E-state index >= 15 is 0 Å². The van der Waals surface area contributed by atoms with E-state index in [1.54, 1.807) is 31.6 Å². The van der Waals surface area contributed by atoms with E-state index in [0.717, 1.165) is 24.5 Å². The van der Waals surface area contributed by atoms with Gasteiger partial charge in [-0.25, -0.2) is 14.8 Å². The Balaban J connectivity index is 1.63. The number of urea groups is 1. The van der Waals surface area contributed by atoms with Crippen molar-refractivity contribution in [2.45, 2.75) is 6.54 Å². The van der Waals surface area contributed by atoms with Gasteiger partial charge in [-0.1, -0.05) is 6.07 Å². The van der Waals surface area contributed by atoms with Crippen LogP contribution in [0.25, 0.3) is 0 Å². The third-order valence-electron chi connectivity index (χ3n) is 3.83. The SMILES string of the molecule is COc1ncccc1CNC(=O)Nc1cccnc1N1CCOCC1. The highest BCUT2D eigenvalue weighted by Gasteiger charge is 2.17. The quantitative estimate of drug-likeness (QED) is 0.858. The summed E-state index contributed by atoms with van der Waals surface area (Å²) in [5.74, 6) is 1.25. The molecule has 0 bridgehead atoms. The summed E-state index contributed by atoms with van der Waals surface area (Å²) in [5.41, 5.74) is 1.47. The van der Waals surface area contributed by atoms with Crippen molar-refractivity contribution in [3.05, 3.63) is 42.2 Å². The van der Waals surface area contributed by atoms with Crippen LogP contribution in [0.1, 0.15) is 5.56 Å². The summed E-state index contributed by atoms with van der Waals surface area (Å²) in [5, 5.41) is 5.67. The molecule has 0 aliphatic carbocycles. The van der Waals surface area contributed by atoms with Crippen molar-refractivity contribution in [3.63, 3.8) is 0 Å². The van der Waals surface area contributed by atoms with Crippen molar-refractivity contribution < 1.29 is 14.3 Å². The van der Waals surface area contributed by atoms with Crippen LogP contribution in [-0.4, -0.2) is 49.4 Å². The molecule has 0 atom stereocenters. The number of rotatable bonds is 5. The van der Waals surface area contributed by atoms with E-state index in [1.165, 1.54) is 0 Å². The first-order valence-electron chi connectivity index (χ1n) is 8.08. The lowest BCUT2D eigenvalue weighted by molar-refractivity contribution is 0.122. The molecular formula is C17H21N5O3. The van der Waals surface area contributed by atoms with Gasteiger partial charge in [0.25, 0.3) is 0 Å². The zero-order valence-corrected chi connectivity index (χ0v) is 14.1. The van der Waals surface area contributed by atoms with E-state index in [0.29, 0.717) is 31.3 Å². The minimum atomic E-state index is -0.312. The van der Waals surface area contributed by atoms with E-state index < -0.39 is 0 Å². The first kappa shape index (κ1) is 17.0. The second kappa shape index (κ2) is 8.29. The Kier molecular flexibility index (Phi) is 5.63. The van der Waals surface area contributed by atoms with Gasteiger partial charge in [0, 0.05) is 37.6 Å². The summed E-state index contributed by atoms with van der Waals surface area (Å²) in [6.07, 6.45) is 3.36. The molecule has 2 aromatic heterocycles. The lowest BCUT2D eigenvalue weighted by Crippen LogP contribution is -2.38. The van der Waals surface area contributed by atoms with Crippen LogP contribution in [-0.2, 0) is 11.3 Å². The molecule has 2 amide bonds. The summed E-state index contributed by atoms with van der Waals surface area (Å²) in [4.78, 5) is 22.9. The van der Waals surface area contributed by atoms with Crippen molar-refractivity contribution in [2.75, 3.05) is 43.6 Å². The highest BCUT2D eigenvalue weighted by molar-refractivity contribution is 5.92. The van der Waals surface area contributed by atoms with Gasteiger partial charge in [-0.15, -0.1) is 0 Å². The van der Waals surface area contributed by atoms with Crippen LogP contribution in [0.4, 0.5) is 16.3 Å². The summed E-state index contributed by atoms with van der Waals surface area (Å²) < 4.78 is 10.5. The molecule has 1 aliphatic heterocycles. The van der Waals surface area contributed by atoms with Gasteiger partial charge in [0.1, 0.15) is 0 Å². The smallest absolute Gasteiger partial charge is 0.319 e. The molecule has 0 saturated carbocycles. The van der Waals surface area contributed by atoms with Crippen LogP contribution in [0.2, 0.25) is 0 Å². The van der Waals surface area contributed by atoms with Gasteiger partial charge < -0.3 is 25.0 Å². The fraction of sp³-hybridized carbons (Fsp3) is 0.353. The standard InChI is InChI=1S/C17H21N5O3/c1-24-16-13(4-2-7-19-16)12-20-17(23)21-14-5-3-6-18-15(14)22-8-10-25-11-9-22/h2-7H,8-12H2,1H3,(H2,20,21,23). The Morgan fingerprint density at radius 1 is 1.24 bits per heavy atom. The molecule has 8 nitrogen and oxygen atoms in total. The van der Waals surface area contributed by atoms with Crippen LogP contribution in [0.15, 0.2) is 36.7 Å². The van der Waals surface area contributed by atoms with Crippen molar-refractivity contribution in [1.82, 2.24) is 15.3 Å². The van der Waals surface area contributed by atoms with Gasteiger partial charge in [0.05, 0.1) is 26.0 Å². The van der Waals surface area contributed by atoms with Crippen molar-refractivity contribution in [3.8, 4) is 5.88 Å². The molecule has 2 N–H and O–H groups in total. The molecule has 8 heteroatoms. The fourth-order valence-corrected chi connectivity index (χ4v) is 2.61. The van der Waals surface area contributed by atoms with Crippen LogP contribution in [0, 0.1) is 0 Å². The van der Waals surface area contributed by atoms with Crippen molar-refractivity contribution in [1.29, 1.82) is 0 Å².